The van der Waals surface area contributed by atoms with Gasteiger partial charge in [-0.15, -0.1) is 0 Å². The van der Waals surface area contributed by atoms with Crippen molar-refractivity contribution in [1.82, 2.24) is 4.81 Å². The van der Waals surface area contributed by atoms with Crippen LogP contribution < -0.4 is 0 Å². The maximum atomic E-state index is 11.4. The number of aliphatic hydroxyl groups is 1. The second-order valence-corrected chi connectivity index (χ2v) is 3.82. The molecule has 0 spiro atoms. The Morgan fingerprint density at radius 2 is 2.24 bits per heavy atom. The second kappa shape index (κ2) is 10.3. The quantitative estimate of drug-likeness (QED) is 0.332. The topological polar surface area (TPSA) is 66.8 Å². The van der Waals surface area contributed by atoms with E-state index in [9.17, 15) is 9.59 Å². The molecule has 17 heavy (non-hydrogen) atoms. The number of hydrogen-bond donors (Lipinski definition) is 1. The predicted octanol–water partition coefficient (Wildman–Crippen LogP) is 0.0552. The number of carbonyl (C=O) groups is 2. The van der Waals surface area contributed by atoms with Crippen LogP contribution in [0.1, 0.15) is 32.6 Å². The van der Waals surface area contributed by atoms with Crippen molar-refractivity contribution in [2.24, 2.45) is 0 Å². The lowest BCUT2D eigenvalue weighted by molar-refractivity contribution is -0.151. The molecule has 0 amide bonds. The van der Waals surface area contributed by atoms with Crippen molar-refractivity contribution < 1.29 is 19.4 Å². The van der Waals surface area contributed by atoms with E-state index in [2.05, 4.69) is 0 Å². The highest BCUT2D eigenvalue weighted by Gasteiger charge is 2.12. The normalized spacial score (nSPS) is 12.4. The van der Waals surface area contributed by atoms with E-state index in [1.165, 1.54) is 4.81 Å². The molecule has 2 radical (unpaired) electrons. The molecule has 0 bridgehead atoms. The van der Waals surface area contributed by atoms with Gasteiger partial charge in [-0.2, -0.15) is 0 Å². The molecule has 1 atom stereocenters. The fourth-order valence-corrected chi connectivity index (χ4v) is 1.32. The van der Waals surface area contributed by atoms with Crippen LogP contribution in [0.2, 0.25) is 0 Å². The summed E-state index contributed by atoms with van der Waals surface area (Å²) in [6.07, 6.45) is 2.37. The molecule has 0 aliphatic carbocycles. The van der Waals surface area contributed by atoms with E-state index in [0.717, 1.165) is 12.7 Å². The smallest absolute Gasteiger partial charge is 0.307 e. The molecular formula is C11H20BNO4. The molecule has 0 saturated carbocycles. The standard InChI is InChI=1S/C11H20BNO4/c1-2-4-10(9-15)17-11(16)5-7-13(12)6-3-8-14/h8,10,15H,2-7,9H2,1H3. The van der Waals surface area contributed by atoms with Gasteiger partial charge in [0, 0.05) is 6.42 Å². The average molecular weight is 241 g/mol. The number of aldehydes is 1. The predicted molar refractivity (Wildman–Crippen MR) is 64.5 cm³/mol. The summed E-state index contributed by atoms with van der Waals surface area (Å²) < 4.78 is 5.05. The summed E-state index contributed by atoms with van der Waals surface area (Å²) >= 11 is 0. The molecule has 0 aliphatic rings. The number of rotatable bonds is 10. The third-order valence-electron chi connectivity index (χ3n) is 2.25. The van der Waals surface area contributed by atoms with Gasteiger partial charge in [-0.05, 0) is 19.5 Å². The lowest BCUT2D eigenvalue weighted by Crippen LogP contribution is -2.28. The summed E-state index contributed by atoms with van der Waals surface area (Å²) in [6.45, 7) is 2.57. The minimum Gasteiger partial charge on any atom is -0.460 e. The van der Waals surface area contributed by atoms with Gasteiger partial charge in [0.1, 0.15) is 12.4 Å². The molecule has 0 saturated heterocycles. The Morgan fingerprint density at radius 1 is 1.53 bits per heavy atom. The van der Waals surface area contributed by atoms with Crippen molar-refractivity contribution in [2.75, 3.05) is 19.7 Å². The van der Waals surface area contributed by atoms with Crippen LogP contribution in [-0.4, -0.2) is 56.0 Å². The zero-order valence-electron chi connectivity index (χ0n) is 10.3. The molecule has 1 N–H and O–H groups in total. The third-order valence-corrected chi connectivity index (χ3v) is 2.25. The Labute approximate surface area is 104 Å². The highest BCUT2D eigenvalue weighted by atomic mass is 16.5. The first kappa shape index (κ1) is 16.1. The second-order valence-electron chi connectivity index (χ2n) is 3.82. The van der Waals surface area contributed by atoms with Gasteiger partial charge in [0.15, 0.2) is 7.98 Å². The maximum Gasteiger partial charge on any atom is 0.307 e. The average Bonchev–Trinajstić information content (AvgIpc) is 2.33. The summed E-state index contributed by atoms with van der Waals surface area (Å²) in [6, 6.07) is 0. The molecule has 0 aromatic rings. The van der Waals surface area contributed by atoms with Crippen molar-refractivity contribution in [2.45, 2.75) is 38.7 Å². The van der Waals surface area contributed by atoms with E-state index >= 15 is 0 Å². The molecule has 0 aromatic carbocycles. The number of carbonyl (C=O) groups excluding carboxylic acids is 2. The van der Waals surface area contributed by atoms with E-state index in [4.69, 9.17) is 17.8 Å². The van der Waals surface area contributed by atoms with Gasteiger partial charge in [0.25, 0.3) is 0 Å². The fourth-order valence-electron chi connectivity index (χ4n) is 1.32. The zero-order chi connectivity index (χ0) is 13.1. The number of nitrogens with zero attached hydrogens (tertiary/aromatic N) is 1. The van der Waals surface area contributed by atoms with E-state index in [-0.39, 0.29) is 19.0 Å². The fraction of sp³-hybridized carbons (Fsp3) is 0.818. The lowest BCUT2D eigenvalue weighted by Gasteiger charge is -2.17. The lowest BCUT2D eigenvalue weighted by atomic mass is 10.2. The summed E-state index contributed by atoms with van der Waals surface area (Å²) in [4.78, 5) is 22.9. The number of hydrogen-bond acceptors (Lipinski definition) is 5. The van der Waals surface area contributed by atoms with E-state index in [1.807, 2.05) is 6.92 Å². The maximum absolute atomic E-state index is 11.4. The minimum absolute atomic E-state index is 0.156. The van der Waals surface area contributed by atoms with Crippen molar-refractivity contribution in [3.63, 3.8) is 0 Å². The van der Waals surface area contributed by atoms with E-state index in [0.29, 0.717) is 25.9 Å². The Balaban J connectivity index is 3.73. The highest BCUT2D eigenvalue weighted by Crippen LogP contribution is 2.03. The first-order valence-corrected chi connectivity index (χ1v) is 5.87. The van der Waals surface area contributed by atoms with Gasteiger partial charge in [-0.1, -0.05) is 13.3 Å². The molecule has 0 rings (SSSR count). The third kappa shape index (κ3) is 8.88. The monoisotopic (exact) mass is 241 g/mol. The molecule has 0 aromatic heterocycles. The Bertz CT molecular complexity index is 226. The van der Waals surface area contributed by atoms with Gasteiger partial charge >= 0.3 is 5.97 Å². The highest BCUT2D eigenvalue weighted by molar-refractivity contribution is 6.04. The summed E-state index contributed by atoms with van der Waals surface area (Å²) in [5, 5.41) is 8.95. The number of ether oxygens (including phenoxy) is 1. The van der Waals surface area contributed by atoms with Crippen LogP contribution in [0.4, 0.5) is 0 Å². The molecule has 5 nitrogen and oxygen atoms in total. The first-order valence-electron chi connectivity index (χ1n) is 5.87. The van der Waals surface area contributed by atoms with Gasteiger partial charge in [-0.3, -0.25) is 4.79 Å². The zero-order valence-corrected chi connectivity index (χ0v) is 10.3. The minimum atomic E-state index is -0.423. The van der Waals surface area contributed by atoms with Crippen molar-refractivity contribution in [1.29, 1.82) is 0 Å². The van der Waals surface area contributed by atoms with Gasteiger partial charge in [0.05, 0.1) is 13.0 Å². The molecule has 96 valence electrons. The van der Waals surface area contributed by atoms with Gasteiger partial charge in [-0.25, -0.2) is 0 Å². The van der Waals surface area contributed by atoms with Crippen LogP contribution in [0.15, 0.2) is 0 Å². The molecular weight excluding hydrogens is 221 g/mol. The Morgan fingerprint density at radius 3 is 2.76 bits per heavy atom. The van der Waals surface area contributed by atoms with Crippen LogP contribution in [0.3, 0.4) is 0 Å². The van der Waals surface area contributed by atoms with Crippen molar-refractivity contribution >= 4 is 20.2 Å². The number of esters is 1. The molecule has 0 aliphatic heterocycles. The summed E-state index contributed by atoms with van der Waals surface area (Å²) in [5.41, 5.74) is 0. The molecule has 1 unspecified atom stereocenters. The van der Waals surface area contributed by atoms with E-state index in [1.54, 1.807) is 0 Å². The van der Waals surface area contributed by atoms with E-state index < -0.39 is 6.10 Å². The largest absolute Gasteiger partial charge is 0.460 e. The van der Waals surface area contributed by atoms with Gasteiger partial charge < -0.3 is 19.4 Å². The van der Waals surface area contributed by atoms with Crippen LogP contribution in [0.25, 0.3) is 0 Å². The Kier molecular flexibility index (Phi) is 9.76. The van der Waals surface area contributed by atoms with Crippen LogP contribution in [-0.2, 0) is 14.3 Å². The van der Waals surface area contributed by atoms with Crippen molar-refractivity contribution in [3.05, 3.63) is 0 Å². The molecule has 6 heteroatoms. The SMILES string of the molecule is [B]N(CCC=O)CCC(=O)OC(CO)CCC. The Hall–Kier alpha value is -0.875. The molecule has 0 heterocycles. The number of aliphatic hydroxyl groups excluding tert-OH is 1. The van der Waals surface area contributed by atoms with Crippen LogP contribution >= 0.6 is 0 Å². The summed E-state index contributed by atoms with van der Waals surface area (Å²) in [7, 11) is 5.55. The summed E-state index contributed by atoms with van der Waals surface area (Å²) in [5.74, 6) is -0.376. The first-order chi connectivity index (χ1) is 8.13. The molecule has 0 fully saturated rings. The van der Waals surface area contributed by atoms with Crippen molar-refractivity contribution in [3.8, 4) is 0 Å². The van der Waals surface area contributed by atoms with Gasteiger partial charge in [0.2, 0.25) is 0 Å². The van der Waals surface area contributed by atoms with Crippen LogP contribution in [0.5, 0.6) is 0 Å². The van der Waals surface area contributed by atoms with Crippen LogP contribution in [0, 0.1) is 0 Å².